The van der Waals surface area contributed by atoms with Crippen molar-refractivity contribution in [1.29, 1.82) is 0 Å². The van der Waals surface area contributed by atoms with Gasteiger partial charge in [0.15, 0.2) is 11.5 Å². The highest BCUT2D eigenvalue weighted by molar-refractivity contribution is 6.34. The topological polar surface area (TPSA) is 143 Å². The number of anilines is 1. The number of methoxy groups -OCH3 is 1. The largest absolute Gasteiger partial charge is 0.504 e. The second-order valence-electron chi connectivity index (χ2n) is 6.56. The summed E-state index contributed by atoms with van der Waals surface area (Å²) in [7, 11) is 1.25. The summed E-state index contributed by atoms with van der Waals surface area (Å²) < 4.78 is 4.91. The maximum Gasteiger partial charge on any atom is 0.274 e. The molecule has 0 aromatic heterocycles. The number of nitrogens with one attached hydrogen (secondary N) is 2. The van der Waals surface area contributed by atoms with Crippen molar-refractivity contribution in [1.82, 2.24) is 5.43 Å². The van der Waals surface area contributed by atoms with E-state index in [0.29, 0.717) is 10.7 Å². The third kappa shape index (κ3) is 5.63. The Hall–Kier alpha value is -4.44. The molecule has 0 saturated heterocycles. The summed E-state index contributed by atoms with van der Waals surface area (Å²) in [6.07, 6.45) is 1.05. The van der Waals surface area contributed by atoms with Crippen LogP contribution in [0, 0.1) is 10.1 Å². The van der Waals surface area contributed by atoms with Crippen molar-refractivity contribution >= 4 is 41.0 Å². The molecule has 0 heterocycles. The molecular formula is C22H17ClN4O6. The van der Waals surface area contributed by atoms with Crippen molar-refractivity contribution in [3.05, 3.63) is 92.5 Å². The van der Waals surface area contributed by atoms with Gasteiger partial charge in [-0.2, -0.15) is 5.10 Å². The first-order chi connectivity index (χ1) is 15.8. The van der Waals surface area contributed by atoms with Gasteiger partial charge in [0.25, 0.3) is 17.5 Å². The van der Waals surface area contributed by atoms with Gasteiger partial charge in [-0.15, -0.1) is 0 Å². The number of non-ortho nitro benzene ring substituents is 1. The van der Waals surface area contributed by atoms with Crippen molar-refractivity contribution in [2.45, 2.75) is 0 Å². The highest BCUT2D eigenvalue weighted by Crippen LogP contribution is 2.33. The molecule has 10 nitrogen and oxygen atoms in total. The predicted molar refractivity (Wildman–Crippen MR) is 122 cm³/mol. The Kier molecular flexibility index (Phi) is 7.21. The number of ether oxygens (including phenoxy) is 1. The molecule has 33 heavy (non-hydrogen) atoms. The summed E-state index contributed by atoms with van der Waals surface area (Å²) in [5.74, 6) is -1.53. The molecule has 0 aliphatic rings. The van der Waals surface area contributed by atoms with E-state index in [0.717, 1.165) is 18.3 Å². The van der Waals surface area contributed by atoms with Crippen molar-refractivity contribution in [3.8, 4) is 11.5 Å². The zero-order valence-electron chi connectivity index (χ0n) is 17.1. The van der Waals surface area contributed by atoms with Crippen molar-refractivity contribution in [2.75, 3.05) is 12.4 Å². The van der Waals surface area contributed by atoms with Gasteiger partial charge in [-0.3, -0.25) is 19.7 Å². The number of benzene rings is 3. The van der Waals surface area contributed by atoms with Gasteiger partial charge in [-0.1, -0.05) is 29.8 Å². The standard InChI is InChI=1S/C22H17ClN4O6/c1-33-19-11-16(27(31)32)10-14(20(19)28)12-24-26-21(29)13-5-4-6-15(9-13)25-22(30)17-7-2-3-8-18(17)23/h2-12,28H,1H3,(H,25,30)(H,26,29)/b24-12+. The molecule has 168 valence electrons. The molecule has 11 heteroatoms. The molecule has 3 N–H and O–H groups in total. The van der Waals surface area contributed by atoms with Crippen LogP contribution in [0.25, 0.3) is 0 Å². The van der Waals surface area contributed by atoms with E-state index in [2.05, 4.69) is 15.8 Å². The summed E-state index contributed by atoms with van der Waals surface area (Å²) in [5.41, 5.74) is 2.74. The monoisotopic (exact) mass is 468 g/mol. The lowest BCUT2D eigenvalue weighted by Gasteiger charge is -2.08. The van der Waals surface area contributed by atoms with Crippen LogP contribution in [0.4, 0.5) is 11.4 Å². The van der Waals surface area contributed by atoms with E-state index in [1.807, 2.05) is 0 Å². The number of nitrogens with zero attached hydrogens (tertiary/aromatic N) is 2. The molecule has 3 aromatic carbocycles. The Morgan fingerprint density at radius 3 is 2.58 bits per heavy atom. The first-order valence-corrected chi connectivity index (χ1v) is 9.72. The van der Waals surface area contributed by atoms with Gasteiger partial charge in [0.2, 0.25) is 0 Å². The number of phenolic OH excluding ortho intramolecular Hbond substituents is 1. The number of carbonyl (C=O) groups is 2. The Balaban J connectivity index is 1.72. The minimum Gasteiger partial charge on any atom is -0.504 e. The van der Waals surface area contributed by atoms with Crippen molar-refractivity contribution in [3.63, 3.8) is 0 Å². The fraction of sp³-hybridized carbons (Fsp3) is 0.0455. The third-order valence-electron chi connectivity index (χ3n) is 4.39. The van der Waals surface area contributed by atoms with Crippen LogP contribution in [0.1, 0.15) is 26.3 Å². The van der Waals surface area contributed by atoms with Gasteiger partial charge in [-0.05, 0) is 30.3 Å². The maximum absolute atomic E-state index is 12.4. The maximum atomic E-state index is 12.4. The van der Waals surface area contributed by atoms with Crippen LogP contribution in [0.2, 0.25) is 5.02 Å². The van der Waals surface area contributed by atoms with E-state index < -0.39 is 16.7 Å². The van der Waals surface area contributed by atoms with Crippen LogP contribution in [-0.2, 0) is 0 Å². The number of nitro groups is 1. The van der Waals surface area contributed by atoms with Gasteiger partial charge in [0.1, 0.15) is 0 Å². The minimum atomic E-state index is -0.652. The van der Waals surface area contributed by atoms with Gasteiger partial charge in [0.05, 0.1) is 34.9 Å². The molecule has 0 spiro atoms. The Morgan fingerprint density at radius 2 is 1.88 bits per heavy atom. The van der Waals surface area contributed by atoms with Gasteiger partial charge < -0.3 is 15.2 Å². The number of rotatable bonds is 7. The first kappa shape index (κ1) is 23.2. The Morgan fingerprint density at radius 1 is 1.12 bits per heavy atom. The lowest BCUT2D eigenvalue weighted by Crippen LogP contribution is -2.18. The van der Waals surface area contributed by atoms with Gasteiger partial charge in [0, 0.05) is 22.9 Å². The lowest BCUT2D eigenvalue weighted by atomic mass is 10.1. The SMILES string of the molecule is COc1cc([N+](=O)[O-])cc(/C=N/NC(=O)c2cccc(NC(=O)c3ccccc3Cl)c2)c1O. The first-order valence-electron chi connectivity index (χ1n) is 9.35. The zero-order valence-corrected chi connectivity index (χ0v) is 17.9. The number of hydrogen-bond donors (Lipinski definition) is 3. The van der Waals surface area contributed by atoms with E-state index in [1.165, 1.54) is 19.2 Å². The van der Waals surface area contributed by atoms with E-state index in [9.17, 15) is 24.8 Å². The fourth-order valence-corrected chi connectivity index (χ4v) is 3.00. The average Bonchev–Trinajstić information content (AvgIpc) is 2.80. The molecule has 0 fully saturated rings. The number of halogens is 1. The predicted octanol–water partition coefficient (Wildman–Crippen LogP) is 3.98. The zero-order chi connectivity index (χ0) is 24.0. The number of hydrogen-bond acceptors (Lipinski definition) is 7. The highest BCUT2D eigenvalue weighted by atomic mass is 35.5. The number of nitro benzene ring substituents is 1. The van der Waals surface area contributed by atoms with Crippen LogP contribution < -0.4 is 15.5 Å². The van der Waals surface area contributed by atoms with E-state index in [4.69, 9.17) is 16.3 Å². The number of phenols is 1. The average molecular weight is 469 g/mol. The smallest absolute Gasteiger partial charge is 0.274 e. The third-order valence-corrected chi connectivity index (χ3v) is 4.72. The number of aromatic hydroxyl groups is 1. The quantitative estimate of drug-likeness (QED) is 0.272. The molecular weight excluding hydrogens is 452 g/mol. The molecule has 0 aliphatic heterocycles. The number of hydrazone groups is 1. The van der Waals surface area contributed by atoms with Crippen LogP contribution in [-0.4, -0.2) is 35.2 Å². The lowest BCUT2D eigenvalue weighted by molar-refractivity contribution is -0.385. The van der Waals surface area contributed by atoms with Crippen LogP contribution in [0.5, 0.6) is 11.5 Å². The van der Waals surface area contributed by atoms with Gasteiger partial charge in [-0.25, -0.2) is 5.43 Å². The minimum absolute atomic E-state index is 0.0258. The molecule has 0 unspecified atom stereocenters. The highest BCUT2D eigenvalue weighted by Gasteiger charge is 2.16. The molecule has 2 amide bonds. The molecule has 3 rings (SSSR count). The number of amides is 2. The fourth-order valence-electron chi connectivity index (χ4n) is 2.78. The van der Waals surface area contributed by atoms with Gasteiger partial charge >= 0.3 is 0 Å². The van der Waals surface area contributed by atoms with E-state index in [-0.39, 0.29) is 33.9 Å². The van der Waals surface area contributed by atoms with E-state index in [1.54, 1.807) is 36.4 Å². The Labute approximate surface area is 192 Å². The van der Waals surface area contributed by atoms with Crippen molar-refractivity contribution < 1.29 is 24.4 Å². The Bertz CT molecular complexity index is 1260. The summed E-state index contributed by atoms with van der Waals surface area (Å²) in [4.78, 5) is 35.2. The molecule has 0 atom stereocenters. The molecule has 0 radical (unpaired) electrons. The molecule has 0 saturated carbocycles. The number of carbonyl (C=O) groups excluding carboxylic acids is 2. The van der Waals surface area contributed by atoms with Crippen molar-refractivity contribution in [2.24, 2.45) is 5.10 Å². The summed E-state index contributed by atoms with van der Waals surface area (Å²) >= 11 is 6.03. The second kappa shape index (κ2) is 10.2. The van der Waals surface area contributed by atoms with Crippen LogP contribution in [0.15, 0.2) is 65.8 Å². The molecule has 0 aliphatic carbocycles. The normalized spacial score (nSPS) is 10.6. The van der Waals surface area contributed by atoms with Crippen LogP contribution >= 0.6 is 11.6 Å². The summed E-state index contributed by atoms with van der Waals surface area (Å²) in [6.45, 7) is 0. The summed E-state index contributed by atoms with van der Waals surface area (Å²) in [6, 6.07) is 14.8. The molecule has 3 aromatic rings. The van der Waals surface area contributed by atoms with E-state index >= 15 is 0 Å². The molecule has 0 bridgehead atoms. The second-order valence-corrected chi connectivity index (χ2v) is 6.96. The summed E-state index contributed by atoms with van der Waals surface area (Å²) in [5, 5.41) is 27.8. The van der Waals surface area contributed by atoms with Crippen LogP contribution in [0.3, 0.4) is 0 Å².